The average molecular weight is 406 g/mol. The van der Waals surface area contributed by atoms with Crippen LogP contribution in [0.1, 0.15) is 11.3 Å². The molecular formula is C27H23N3O. The molecule has 4 heteroatoms. The zero-order valence-corrected chi connectivity index (χ0v) is 17.6. The molecule has 0 bridgehead atoms. The van der Waals surface area contributed by atoms with E-state index in [9.17, 15) is 4.79 Å². The summed E-state index contributed by atoms with van der Waals surface area (Å²) in [6, 6.07) is 26.6. The van der Waals surface area contributed by atoms with Gasteiger partial charge in [0, 0.05) is 46.4 Å². The molecule has 0 aliphatic heterocycles. The van der Waals surface area contributed by atoms with Gasteiger partial charge in [-0.15, -0.1) is 0 Å². The minimum atomic E-state index is -0.0226. The molecule has 0 aliphatic carbocycles. The summed E-state index contributed by atoms with van der Waals surface area (Å²) >= 11 is 0. The van der Waals surface area contributed by atoms with Crippen molar-refractivity contribution in [1.82, 2.24) is 9.55 Å². The van der Waals surface area contributed by atoms with Gasteiger partial charge in [0.2, 0.25) is 5.91 Å². The Balaban J connectivity index is 1.33. The van der Waals surface area contributed by atoms with Crippen molar-refractivity contribution in [3.8, 4) is 11.1 Å². The molecule has 0 saturated carbocycles. The molecule has 0 fully saturated rings. The summed E-state index contributed by atoms with van der Waals surface area (Å²) in [5.41, 5.74) is 7.34. The topological polar surface area (TPSA) is 46.9 Å². The van der Waals surface area contributed by atoms with Crippen molar-refractivity contribution in [3.63, 3.8) is 0 Å². The van der Waals surface area contributed by atoms with Crippen molar-refractivity contribution in [3.05, 3.63) is 96.3 Å². The summed E-state index contributed by atoms with van der Waals surface area (Å²) in [5, 5.41) is 5.46. The quantitative estimate of drug-likeness (QED) is 0.406. The van der Waals surface area contributed by atoms with Gasteiger partial charge < -0.3 is 9.88 Å². The Bertz CT molecular complexity index is 1410. The maximum atomic E-state index is 12.6. The Hall–Kier alpha value is -3.92. The smallest absolute Gasteiger partial charge is 0.228 e. The van der Waals surface area contributed by atoms with Crippen LogP contribution in [0.25, 0.3) is 32.9 Å². The maximum absolute atomic E-state index is 12.6. The number of hydrogen-bond donors (Lipinski definition) is 1. The summed E-state index contributed by atoms with van der Waals surface area (Å²) in [4.78, 5) is 16.9. The zero-order chi connectivity index (χ0) is 21.4. The van der Waals surface area contributed by atoms with E-state index in [1.807, 2.05) is 49.5 Å². The molecule has 31 heavy (non-hydrogen) atoms. The lowest BCUT2D eigenvalue weighted by Gasteiger charge is -2.08. The van der Waals surface area contributed by atoms with Crippen LogP contribution in [0, 0.1) is 6.92 Å². The predicted octanol–water partition coefficient (Wildman–Crippen LogP) is 5.88. The van der Waals surface area contributed by atoms with E-state index in [0.29, 0.717) is 6.42 Å². The highest BCUT2D eigenvalue weighted by atomic mass is 16.1. The number of benzene rings is 3. The highest BCUT2D eigenvalue weighted by Gasteiger charge is 2.10. The van der Waals surface area contributed by atoms with E-state index in [1.165, 1.54) is 16.3 Å². The van der Waals surface area contributed by atoms with E-state index >= 15 is 0 Å². The normalized spacial score (nSPS) is 11.2. The van der Waals surface area contributed by atoms with Crippen molar-refractivity contribution in [2.45, 2.75) is 13.3 Å². The lowest BCUT2D eigenvalue weighted by Crippen LogP contribution is -2.14. The fourth-order valence-corrected chi connectivity index (χ4v) is 4.18. The van der Waals surface area contributed by atoms with Crippen LogP contribution in [0.4, 0.5) is 5.69 Å². The van der Waals surface area contributed by atoms with Gasteiger partial charge in [0.05, 0.1) is 6.42 Å². The number of amides is 1. The van der Waals surface area contributed by atoms with E-state index < -0.39 is 0 Å². The van der Waals surface area contributed by atoms with Gasteiger partial charge in [-0.2, -0.15) is 0 Å². The summed E-state index contributed by atoms with van der Waals surface area (Å²) in [6.45, 7) is 1.98. The van der Waals surface area contributed by atoms with Gasteiger partial charge in [0.1, 0.15) is 0 Å². The molecule has 0 atom stereocenters. The van der Waals surface area contributed by atoms with Gasteiger partial charge in [-0.1, -0.05) is 42.5 Å². The standard InChI is InChI=1S/C27H23N3O/c1-18-15-21(13-14-28-18)20-8-10-22(11-9-20)29-27(31)17-19-7-12-24-23-5-3-4-6-25(23)30(2)26(24)16-19/h3-16H,17H2,1-2H3,(H,29,31). The number of aryl methyl sites for hydroxylation is 2. The molecule has 5 aromatic rings. The number of carbonyl (C=O) groups excluding carboxylic acids is 1. The van der Waals surface area contributed by atoms with Crippen LogP contribution in [0.3, 0.4) is 0 Å². The Morgan fingerprint density at radius 3 is 2.45 bits per heavy atom. The van der Waals surface area contributed by atoms with E-state index in [0.717, 1.165) is 33.6 Å². The number of carbonyl (C=O) groups is 1. The summed E-state index contributed by atoms with van der Waals surface area (Å²) in [7, 11) is 2.07. The number of hydrogen-bond acceptors (Lipinski definition) is 2. The van der Waals surface area contributed by atoms with Crippen LogP contribution >= 0.6 is 0 Å². The molecule has 2 aromatic heterocycles. The van der Waals surface area contributed by atoms with Gasteiger partial charge >= 0.3 is 0 Å². The first kappa shape index (κ1) is 19.1. The van der Waals surface area contributed by atoms with Crippen molar-refractivity contribution >= 4 is 33.4 Å². The third-order valence-electron chi connectivity index (χ3n) is 5.74. The zero-order valence-electron chi connectivity index (χ0n) is 17.6. The van der Waals surface area contributed by atoms with Gasteiger partial charge in [-0.05, 0) is 60.0 Å². The lowest BCUT2D eigenvalue weighted by molar-refractivity contribution is -0.115. The van der Waals surface area contributed by atoms with Gasteiger partial charge in [-0.25, -0.2) is 0 Å². The fraction of sp³-hybridized carbons (Fsp3) is 0.111. The SMILES string of the molecule is Cc1cc(-c2ccc(NC(=O)Cc3ccc4c5ccccc5n(C)c4c3)cc2)ccn1. The Morgan fingerprint density at radius 1 is 0.871 bits per heavy atom. The minimum Gasteiger partial charge on any atom is -0.344 e. The van der Waals surface area contributed by atoms with Gasteiger partial charge in [0.25, 0.3) is 0 Å². The largest absolute Gasteiger partial charge is 0.344 e. The monoisotopic (exact) mass is 405 g/mol. The Kier molecular flexibility index (Phi) is 4.75. The molecule has 5 rings (SSSR count). The number of fused-ring (bicyclic) bond motifs is 3. The van der Waals surface area contributed by atoms with Crippen molar-refractivity contribution < 1.29 is 4.79 Å². The molecule has 1 N–H and O–H groups in total. The number of nitrogens with one attached hydrogen (secondary N) is 1. The van der Waals surface area contributed by atoms with Crippen molar-refractivity contribution in [2.24, 2.45) is 7.05 Å². The lowest BCUT2D eigenvalue weighted by atomic mass is 10.1. The first-order valence-electron chi connectivity index (χ1n) is 10.4. The number of anilines is 1. The van der Waals surface area contributed by atoms with Gasteiger partial charge in [-0.3, -0.25) is 9.78 Å². The number of para-hydroxylation sites is 1. The Labute approximate surface area is 181 Å². The Morgan fingerprint density at radius 2 is 1.65 bits per heavy atom. The summed E-state index contributed by atoms with van der Waals surface area (Å²) in [6.07, 6.45) is 2.15. The maximum Gasteiger partial charge on any atom is 0.228 e. The molecule has 4 nitrogen and oxygen atoms in total. The first-order valence-corrected chi connectivity index (χ1v) is 10.4. The molecule has 0 saturated heterocycles. The third kappa shape index (κ3) is 3.68. The second kappa shape index (κ2) is 7.73. The molecule has 0 aliphatic rings. The van der Waals surface area contributed by atoms with E-state index in [-0.39, 0.29) is 5.91 Å². The molecule has 1 amide bonds. The molecule has 0 radical (unpaired) electrons. The predicted molar refractivity (Wildman–Crippen MR) is 127 cm³/mol. The number of aromatic nitrogens is 2. The molecule has 0 unspecified atom stereocenters. The average Bonchev–Trinajstić information content (AvgIpc) is 3.06. The van der Waals surface area contributed by atoms with Crippen LogP contribution in [0.5, 0.6) is 0 Å². The molecule has 3 aromatic carbocycles. The number of nitrogens with zero attached hydrogens (tertiary/aromatic N) is 2. The highest BCUT2D eigenvalue weighted by Crippen LogP contribution is 2.29. The molecule has 0 spiro atoms. The highest BCUT2D eigenvalue weighted by molar-refractivity contribution is 6.08. The van der Waals surface area contributed by atoms with E-state index in [2.05, 4.69) is 64.4 Å². The van der Waals surface area contributed by atoms with E-state index in [4.69, 9.17) is 0 Å². The fourth-order valence-electron chi connectivity index (χ4n) is 4.18. The van der Waals surface area contributed by atoms with Crippen molar-refractivity contribution in [2.75, 3.05) is 5.32 Å². The van der Waals surface area contributed by atoms with Crippen LogP contribution in [0.2, 0.25) is 0 Å². The van der Waals surface area contributed by atoms with Crippen LogP contribution in [-0.4, -0.2) is 15.5 Å². The van der Waals surface area contributed by atoms with Crippen LogP contribution < -0.4 is 5.32 Å². The second-order valence-electron chi connectivity index (χ2n) is 7.92. The molecular weight excluding hydrogens is 382 g/mol. The third-order valence-corrected chi connectivity index (χ3v) is 5.74. The van der Waals surface area contributed by atoms with Crippen LogP contribution in [-0.2, 0) is 18.3 Å². The summed E-state index contributed by atoms with van der Waals surface area (Å²) in [5.74, 6) is -0.0226. The first-order chi connectivity index (χ1) is 15.1. The van der Waals surface area contributed by atoms with E-state index in [1.54, 1.807) is 0 Å². The second-order valence-corrected chi connectivity index (χ2v) is 7.92. The minimum absolute atomic E-state index is 0.0226. The van der Waals surface area contributed by atoms with Crippen LogP contribution in [0.15, 0.2) is 85.1 Å². The summed E-state index contributed by atoms with van der Waals surface area (Å²) < 4.78 is 2.19. The van der Waals surface area contributed by atoms with Crippen molar-refractivity contribution in [1.29, 1.82) is 0 Å². The molecule has 2 heterocycles. The number of pyridine rings is 1. The van der Waals surface area contributed by atoms with Gasteiger partial charge in [0.15, 0.2) is 0 Å². The molecule has 152 valence electrons. The number of rotatable bonds is 4.